The van der Waals surface area contributed by atoms with Crippen LogP contribution in [0.2, 0.25) is 0 Å². The molecule has 1 aromatic carbocycles. The van der Waals surface area contributed by atoms with E-state index in [0.29, 0.717) is 5.92 Å². The van der Waals surface area contributed by atoms with E-state index in [0.717, 1.165) is 25.7 Å². The molecule has 0 bridgehead atoms. The van der Waals surface area contributed by atoms with Gasteiger partial charge in [-0.2, -0.15) is 0 Å². The van der Waals surface area contributed by atoms with Gasteiger partial charge in [0.2, 0.25) is 0 Å². The molecule has 0 saturated heterocycles. The lowest BCUT2D eigenvalue weighted by molar-refractivity contribution is -0.147. The average Bonchev–Trinajstić information content (AvgIpc) is 2.90. The number of rotatable bonds is 5. The molecule has 1 aliphatic rings. The Balaban J connectivity index is 2.28. The normalized spacial score (nSPS) is 25.3. The van der Waals surface area contributed by atoms with Crippen molar-refractivity contribution in [3.8, 4) is 0 Å². The number of carboxylic acid groups (broad SMARTS) is 1. The summed E-state index contributed by atoms with van der Waals surface area (Å²) in [7, 11) is 0. The minimum atomic E-state index is -0.661. The molecule has 0 amide bonds. The minimum Gasteiger partial charge on any atom is -0.481 e. The molecule has 0 aliphatic heterocycles. The second-order valence-electron chi connectivity index (χ2n) is 6.50. The van der Waals surface area contributed by atoms with Crippen molar-refractivity contribution >= 4 is 18.1 Å². The summed E-state index contributed by atoms with van der Waals surface area (Å²) in [5, 5.41) is 9.40. The average molecular weight is 298 g/mol. The third-order valence-electron chi connectivity index (χ3n) is 4.72. The Hall–Kier alpha value is -1.83. The van der Waals surface area contributed by atoms with Gasteiger partial charge in [-0.25, -0.2) is 0 Å². The highest BCUT2D eigenvalue weighted by atomic mass is 16.4. The summed E-state index contributed by atoms with van der Waals surface area (Å²) in [6.07, 6.45) is 12.0. The fraction of sp³-hybridized carbons (Fsp3) is 0.450. The van der Waals surface area contributed by atoms with E-state index in [1.807, 2.05) is 13.8 Å². The number of aliphatic carboxylic acids is 1. The molecule has 1 fully saturated rings. The molecule has 0 radical (unpaired) electrons. The lowest BCUT2D eigenvalue weighted by Crippen LogP contribution is -2.23. The van der Waals surface area contributed by atoms with Gasteiger partial charge in [-0.3, -0.25) is 4.79 Å². The van der Waals surface area contributed by atoms with Crippen LogP contribution in [0.1, 0.15) is 69.1 Å². The summed E-state index contributed by atoms with van der Waals surface area (Å²) in [5.74, 6) is -0.305. The van der Waals surface area contributed by atoms with Gasteiger partial charge >= 0.3 is 5.97 Å². The zero-order valence-electron chi connectivity index (χ0n) is 13.8. The quantitative estimate of drug-likeness (QED) is 0.779. The van der Waals surface area contributed by atoms with Crippen molar-refractivity contribution in [2.45, 2.75) is 52.4 Å². The summed E-state index contributed by atoms with van der Waals surface area (Å²) in [6, 6.07) is 6.56. The van der Waals surface area contributed by atoms with Crippen LogP contribution in [0.15, 0.2) is 30.4 Å². The van der Waals surface area contributed by atoms with E-state index < -0.39 is 11.4 Å². The van der Waals surface area contributed by atoms with Crippen molar-refractivity contribution in [1.82, 2.24) is 0 Å². The maximum absolute atomic E-state index is 11.4. The van der Waals surface area contributed by atoms with Crippen LogP contribution in [0.4, 0.5) is 0 Å². The monoisotopic (exact) mass is 298 g/mol. The molecule has 2 heteroatoms. The summed E-state index contributed by atoms with van der Waals surface area (Å²) >= 11 is 0. The number of carboxylic acids is 1. The standard InChI is InChI=1S/C20H26O2/c1-4-6-8-15-9-10-17(13-16(15)7-5-2)18-11-12-20(3,14-18)19(21)22/h5-10,13,18H,4,11-12,14H2,1-3H3,(H,21,22)/b7-5-,8-6+. The van der Waals surface area contributed by atoms with E-state index in [2.05, 4.69) is 49.4 Å². The SMILES string of the molecule is C/C=C\c1cc(C2CCC(C)(C(=O)O)C2)ccc1/C=C/CC. The summed E-state index contributed by atoms with van der Waals surface area (Å²) < 4.78 is 0. The van der Waals surface area contributed by atoms with Crippen molar-refractivity contribution in [3.63, 3.8) is 0 Å². The largest absolute Gasteiger partial charge is 0.481 e. The number of allylic oxidation sites excluding steroid dienone is 2. The zero-order chi connectivity index (χ0) is 16.2. The first-order chi connectivity index (χ1) is 10.5. The summed E-state index contributed by atoms with van der Waals surface area (Å²) in [5.41, 5.74) is 3.15. The maximum Gasteiger partial charge on any atom is 0.309 e. The Morgan fingerprint density at radius 2 is 2.14 bits per heavy atom. The molecule has 2 unspecified atom stereocenters. The molecule has 0 heterocycles. The van der Waals surface area contributed by atoms with Gasteiger partial charge in [-0.1, -0.05) is 49.4 Å². The zero-order valence-corrected chi connectivity index (χ0v) is 13.8. The van der Waals surface area contributed by atoms with E-state index in [-0.39, 0.29) is 0 Å². The van der Waals surface area contributed by atoms with E-state index in [9.17, 15) is 9.90 Å². The molecular formula is C20H26O2. The molecule has 118 valence electrons. The lowest BCUT2D eigenvalue weighted by Gasteiger charge is -2.18. The Labute approximate surface area is 133 Å². The van der Waals surface area contributed by atoms with Crippen molar-refractivity contribution < 1.29 is 9.90 Å². The molecule has 22 heavy (non-hydrogen) atoms. The van der Waals surface area contributed by atoms with Crippen molar-refractivity contribution in [2.24, 2.45) is 5.41 Å². The van der Waals surface area contributed by atoms with E-state index >= 15 is 0 Å². The first kappa shape index (κ1) is 16.5. The number of hydrogen-bond donors (Lipinski definition) is 1. The van der Waals surface area contributed by atoms with E-state index in [1.165, 1.54) is 16.7 Å². The fourth-order valence-electron chi connectivity index (χ4n) is 3.29. The Kier molecular flexibility index (Phi) is 5.23. The predicted molar refractivity (Wildman–Crippen MR) is 92.8 cm³/mol. The number of hydrogen-bond acceptors (Lipinski definition) is 1. The molecular weight excluding hydrogens is 272 g/mol. The molecule has 2 rings (SSSR count). The molecule has 0 aromatic heterocycles. The van der Waals surface area contributed by atoms with Crippen LogP contribution in [0, 0.1) is 5.41 Å². The number of benzene rings is 1. The van der Waals surface area contributed by atoms with Gasteiger partial charge in [0.05, 0.1) is 5.41 Å². The van der Waals surface area contributed by atoms with Crippen LogP contribution in [0.5, 0.6) is 0 Å². The minimum absolute atomic E-state index is 0.356. The molecule has 0 spiro atoms. The van der Waals surface area contributed by atoms with E-state index in [4.69, 9.17) is 0 Å². The molecule has 2 atom stereocenters. The first-order valence-corrected chi connectivity index (χ1v) is 8.16. The summed E-state index contributed by atoms with van der Waals surface area (Å²) in [4.78, 5) is 11.4. The van der Waals surface area contributed by atoms with Crippen LogP contribution in [-0.2, 0) is 4.79 Å². The van der Waals surface area contributed by atoms with Gasteiger partial charge in [0.1, 0.15) is 0 Å². The van der Waals surface area contributed by atoms with Crippen molar-refractivity contribution in [1.29, 1.82) is 0 Å². The highest BCUT2D eigenvalue weighted by Gasteiger charge is 2.41. The van der Waals surface area contributed by atoms with E-state index in [1.54, 1.807) is 0 Å². The predicted octanol–water partition coefficient (Wildman–Crippen LogP) is 5.50. The van der Waals surface area contributed by atoms with Crippen molar-refractivity contribution in [3.05, 3.63) is 47.0 Å². The third kappa shape index (κ3) is 3.49. The van der Waals surface area contributed by atoms with Gasteiger partial charge in [0.25, 0.3) is 0 Å². The Morgan fingerprint density at radius 1 is 1.36 bits per heavy atom. The molecule has 1 aromatic rings. The van der Waals surface area contributed by atoms with Crippen LogP contribution in [-0.4, -0.2) is 11.1 Å². The molecule has 1 aliphatic carbocycles. The maximum atomic E-state index is 11.4. The Morgan fingerprint density at radius 3 is 2.73 bits per heavy atom. The highest BCUT2D eigenvalue weighted by molar-refractivity contribution is 5.75. The smallest absolute Gasteiger partial charge is 0.309 e. The molecule has 1 saturated carbocycles. The van der Waals surface area contributed by atoms with Crippen LogP contribution < -0.4 is 0 Å². The first-order valence-electron chi connectivity index (χ1n) is 8.16. The third-order valence-corrected chi connectivity index (χ3v) is 4.72. The van der Waals surface area contributed by atoms with Crippen LogP contribution in [0.3, 0.4) is 0 Å². The Bertz CT molecular complexity index is 598. The highest BCUT2D eigenvalue weighted by Crippen LogP contribution is 2.46. The topological polar surface area (TPSA) is 37.3 Å². The molecule has 1 N–H and O–H groups in total. The lowest BCUT2D eigenvalue weighted by atomic mass is 9.86. The van der Waals surface area contributed by atoms with Crippen LogP contribution >= 0.6 is 0 Å². The van der Waals surface area contributed by atoms with Gasteiger partial charge in [0, 0.05) is 0 Å². The number of carbonyl (C=O) groups is 1. The van der Waals surface area contributed by atoms with Gasteiger partial charge in [0.15, 0.2) is 0 Å². The van der Waals surface area contributed by atoms with Gasteiger partial charge < -0.3 is 5.11 Å². The fourth-order valence-corrected chi connectivity index (χ4v) is 3.29. The summed E-state index contributed by atoms with van der Waals surface area (Å²) in [6.45, 7) is 6.03. The van der Waals surface area contributed by atoms with Crippen LogP contribution in [0.25, 0.3) is 12.2 Å². The van der Waals surface area contributed by atoms with Gasteiger partial charge in [-0.05, 0) is 62.1 Å². The van der Waals surface area contributed by atoms with Crippen molar-refractivity contribution in [2.75, 3.05) is 0 Å². The van der Waals surface area contributed by atoms with Gasteiger partial charge in [-0.15, -0.1) is 0 Å². The second-order valence-corrected chi connectivity index (χ2v) is 6.50. The second kappa shape index (κ2) is 6.95. The molecule has 2 nitrogen and oxygen atoms in total.